The number of fused-ring (bicyclic) bond motifs is 5. The van der Waals surface area contributed by atoms with Crippen molar-refractivity contribution in [3.8, 4) is 0 Å². The topological polar surface area (TPSA) is 37.3 Å². The highest BCUT2D eigenvalue weighted by Crippen LogP contribution is 2.66. The Labute approximate surface area is 142 Å². The third-order valence-corrected chi connectivity index (χ3v) is 8.42. The second-order valence-electron chi connectivity index (χ2n) is 9.41. The lowest BCUT2D eigenvalue weighted by Crippen LogP contribution is -2.53. The third kappa shape index (κ3) is 2.90. The fourth-order valence-electron chi connectivity index (χ4n) is 7.23. The van der Waals surface area contributed by atoms with Crippen molar-refractivity contribution in [2.75, 3.05) is 0 Å². The number of aliphatic hydroxyl groups is 1. The predicted octanol–water partition coefficient (Wildman–Crippen LogP) is 4.99. The van der Waals surface area contributed by atoms with Crippen LogP contribution in [-0.2, 0) is 4.79 Å². The average Bonchev–Trinajstić information content (AvgIpc) is 2.90. The van der Waals surface area contributed by atoms with E-state index in [-0.39, 0.29) is 6.10 Å². The molecular weight excluding hydrogens is 284 g/mol. The van der Waals surface area contributed by atoms with Crippen molar-refractivity contribution in [2.45, 2.75) is 91.1 Å². The summed E-state index contributed by atoms with van der Waals surface area (Å²) in [5.41, 5.74) is 1.25. The number of hydrogen-bond acceptors (Lipinski definition) is 2. The van der Waals surface area contributed by atoms with Gasteiger partial charge in [0.1, 0.15) is 6.29 Å². The Morgan fingerprint density at radius 3 is 2.43 bits per heavy atom. The van der Waals surface area contributed by atoms with Crippen LogP contribution in [0, 0.1) is 34.5 Å². The second kappa shape index (κ2) is 6.50. The van der Waals surface area contributed by atoms with Gasteiger partial charge in [0.15, 0.2) is 0 Å². The molecule has 7 atom stereocenters. The number of hydrogen-bond donors (Lipinski definition) is 1. The fraction of sp³-hybridized carbons (Fsp3) is 0.952. The highest BCUT2D eigenvalue weighted by Gasteiger charge is 2.57. The molecule has 0 spiro atoms. The molecule has 0 aromatic carbocycles. The molecule has 1 N–H and O–H groups in total. The van der Waals surface area contributed by atoms with Crippen LogP contribution in [0.25, 0.3) is 0 Å². The Hall–Kier alpha value is -0.370. The minimum Gasteiger partial charge on any atom is -0.393 e. The van der Waals surface area contributed by atoms with E-state index in [1.54, 1.807) is 0 Å². The van der Waals surface area contributed by atoms with Crippen molar-refractivity contribution in [1.29, 1.82) is 0 Å². The van der Waals surface area contributed by atoms with Crippen molar-refractivity contribution in [1.82, 2.24) is 0 Å². The number of aliphatic hydroxyl groups excluding tert-OH is 1. The summed E-state index contributed by atoms with van der Waals surface area (Å²) in [4.78, 5) is 8.81. The van der Waals surface area contributed by atoms with Gasteiger partial charge in [0.25, 0.3) is 0 Å². The molecule has 4 aliphatic rings. The molecule has 3 unspecified atom stereocenters. The van der Waals surface area contributed by atoms with Gasteiger partial charge < -0.3 is 9.90 Å². The molecule has 0 aromatic heterocycles. The predicted molar refractivity (Wildman–Crippen MR) is 94.1 cm³/mol. The maximum absolute atomic E-state index is 10.0. The lowest BCUT2D eigenvalue weighted by Gasteiger charge is -2.60. The normalized spacial score (nSPS) is 51.6. The van der Waals surface area contributed by atoms with Crippen LogP contribution >= 0.6 is 0 Å². The number of carbonyl (C=O) groups is 1. The minimum atomic E-state index is 0.00459. The van der Waals surface area contributed by atoms with Gasteiger partial charge in [0.2, 0.25) is 0 Å². The van der Waals surface area contributed by atoms with Crippen LogP contribution in [0.1, 0.15) is 85.0 Å². The maximum atomic E-state index is 10.0. The van der Waals surface area contributed by atoms with Crippen molar-refractivity contribution < 1.29 is 9.90 Å². The molecule has 2 heteroatoms. The highest BCUT2D eigenvalue weighted by atomic mass is 16.3. The summed E-state index contributed by atoms with van der Waals surface area (Å²) in [7, 11) is 0. The standard InChI is InChI=1S/C19H32O.C2H4O/c1-18-9-3-4-16(18)15-6-5-13-12-14(20)7-11-19(13,2)17(15)8-10-18;1-2-3/h13-17,20H,3-12H2,1-2H3;2H,1H3/t13-,14+,15?,16?,17?,18+,19+;/m1./s1. The SMILES string of the molecule is CC=O.C[C@@]12CCCC1C1CC[C@@H]3C[C@@H](O)CC[C@]3(C)C1CC2. The van der Waals surface area contributed by atoms with E-state index in [4.69, 9.17) is 4.79 Å². The van der Waals surface area contributed by atoms with Crippen LogP contribution in [-0.4, -0.2) is 17.5 Å². The average molecular weight is 321 g/mol. The van der Waals surface area contributed by atoms with Gasteiger partial charge in [0.05, 0.1) is 6.10 Å². The Morgan fingerprint density at radius 2 is 1.70 bits per heavy atom. The van der Waals surface area contributed by atoms with Gasteiger partial charge in [-0.3, -0.25) is 0 Å². The molecule has 4 aliphatic carbocycles. The second-order valence-corrected chi connectivity index (χ2v) is 9.41. The largest absolute Gasteiger partial charge is 0.393 e. The minimum absolute atomic E-state index is 0.00459. The Kier molecular flexibility index (Phi) is 4.93. The van der Waals surface area contributed by atoms with Crippen molar-refractivity contribution in [2.24, 2.45) is 34.5 Å². The number of rotatable bonds is 0. The molecule has 23 heavy (non-hydrogen) atoms. The van der Waals surface area contributed by atoms with Gasteiger partial charge in [-0.15, -0.1) is 0 Å². The first-order valence-corrected chi connectivity index (χ1v) is 10.0. The van der Waals surface area contributed by atoms with Crippen LogP contribution in [0.15, 0.2) is 0 Å². The van der Waals surface area contributed by atoms with Crippen LogP contribution in [0.2, 0.25) is 0 Å². The lowest BCUT2D eigenvalue weighted by atomic mass is 9.45. The molecule has 4 saturated carbocycles. The quantitative estimate of drug-likeness (QED) is 0.639. The lowest BCUT2D eigenvalue weighted by molar-refractivity contribution is -0.120. The summed E-state index contributed by atoms with van der Waals surface area (Å²) in [6, 6.07) is 0. The van der Waals surface area contributed by atoms with Gasteiger partial charge in [-0.05, 0) is 99.2 Å². The number of aldehydes is 1. The van der Waals surface area contributed by atoms with Gasteiger partial charge in [-0.1, -0.05) is 20.3 Å². The molecular formula is C21H36O2. The van der Waals surface area contributed by atoms with E-state index in [2.05, 4.69) is 13.8 Å². The van der Waals surface area contributed by atoms with Gasteiger partial charge in [-0.25, -0.2) is 0 Å². The fourth-order valence-corrected chi connectivity index (χ4v) is 7.23. The molecule has 0 radical (unpaired) electrons. The molecule has 4 rings (SSSR count). The summed E-state index contributed by atoms with van der Waals surface area (Å²) in [6.45, 7) is 6.64. The Balaban J connectivity index is 0.000000485. The Morgan fingerprint density at radius 1 is 0.957 bits per heavy atom. The van der Waals surface area contributed by atoms with Gasteiger partial charge >= 0.3 is 0 Å². The maximum Gasteiger partial charge on any atom is 0.116 e. The highest BCUT2D eigenvalue weighted by molar-refractivity contribution is 5.44. The molecule has 132 valence electrons. The first-order chi connectivity index (χ1) is 10.9. The summed E-state index contributed by atoms with van der Waals surface area (Å²) in [5.74, 6) is 3.85. The molecule has 2 nitrogen and oxygen atoms in total. The zero-order valence-corrected chi connectivity index (χ0v) is 15.4. The molecule has 0 aromatic rings. The summed E-state index contributed by atoms with van der Waals surface area (Å²) >= 11 is 0. The van der Waals surface area contributed by atoms with E-state index in [0.29, 0.717) is 10.8 Å². The molecule has 0 bridgehead atoms. The summed E-state index contributed by atoms with van der Waals surface area (Å²) < 4.78 is 0. The molecule has 4 fully saturated rings. The van der Waals surface area contributed by atoms with E-state index in [1.807, 2.05) is 0 Å². The number of carbonyl (C=O) groups excluding carboxylic acids is 1. The van der Waals surface area contributed by atoms with Crippen LogP contribution in [0.4, 0.5) is 0 Å². The Bertz CT molecular complexity index is 434. The first kappa shape index (κ1) is 17.5. The molecule has 0 heterocycles. The molecule has 0 aliphatic heterocycles. The van der Waals surface area contributed by atoms with Gasteiger partial charge in [0, 0.05) is 0 Å². The van der Waals surface area contributed by atoms with Crippen LogP contribution in [0.3, 0.4) is 0 Å². The van der Waals surface area contributed by atoms with Crippen LogP contribution < -0.4 is 0 Å². The van der Waals surface area contributed by atoms with Crippen molar-refractivity contribution in [3.05, 3.63) is 0 Å². The summed E-state index contributed by atoms with van der Waals surface area (Å²) in [6.07, 6.45) is 14.6. The summed E-state index contributed by atoms with van der Waals surface area (Å²) in [5, 5.41) is 10.0. The van der Waals surface area contributed by atoms with E-state index < -0.39 is 0 Å². The zero-order valence-electron chi connectivity index (χ0n) is 15.4. The van der Waals surface area contributed by atoms with E-state index in [0.717, 1.165) is 42.8 Å². The van der Waals surface area contributed by atoms with Crippen molar-refractivity contribution >= 4 is 6.29 Å². The third-order valence-electron chi connectivity index (χ3n) is 8.42. The van der Waals surface area contributed by atoms with E-state index in [9.17, 15) is 5.11 Å². The monoisotopic (exact) mass is 320 g/mol. The first-order valence-electron chi connectivity index (χ1n) is 10.0. The van der Waals surface area contributed by atoms with E-state index >= 15 is 0 Å². The van der Waals surface area contributed by atoms with Gasteiger partial charge in [-0.2, -0.15) is 0 Å². The van der Waals surface area contributed by atoms with Crippen molar-refractivity contribution in [3.63, 3.8) is 0 Å². The zero-order chi connectivity index (χ0) is 16.7. The van der Waals surface area contributed by atoms with E-state index in [1.165, 1.54) is 58.3 Å². The molecule has 0 saturated heterocycles. The molecule has 0 amide bonds. The van der Waals surface area contributed by atoms with Crippen LogP contribution in [0.5, 0.6) is 0 Å². The smallest absolute Gasteiger partial charge is 0.116 e.